The summed E-state index contributed by atoms with van der Waals surface area (Å²) >= 11 is 0. The molecule has 0 amide bonds. The Labute approximate surface area is 165 Å². The Morgan fingerprint density at radius 3 is 2.57 bits per heavy atom. The van der Waals surface area contributed by atoms with E-state index in [1.165, 1.54) is 5.56 Å². The number of ether oxygens (including phenoxy) is 2. The fourth-order valence-electron chi connectivity index (χ4n) is 3.39. The number of benzene rings is 1. The molecule has 1 unspecified atom stereocenters. The fraction of sp³-hybridized carbons (Fsp3) is 0.318. The first-order valence-corrected chi connectivity index (χ1v) is 9.49. The average molecular weight is 376 g/mol. The van der Waals surface area contributed by atoms with Gasteiger partial charge in [-0.1, -0.05) is 18.2 Å². The van der Waals surface area contributed by atoms with Gasteiger partial charge >= 0.3 is 0 Å². The maximum atomic E-state index is 5.97. The number of morpholine rings is 1. The van der Waals surface area contributed by atoms with Crippen molar-refractivity contribution in [2.75, 3.05) is 26.8 Å². The molecular formula is C22H24N4O2. The zero-order valence-electron chi connectivity index (χ0n) is 16.0. The molecule has 3 aromatic rings. The lowest BCUT2D eigenvalue weighted by Gasteiger charge is -2.33. The molecule has 0 spiro atoms. The van der Waals surface area contributed by atoms with E-state index >= 15 is 0 Å². The van der Waals surface area contributed by atoms with Gasteiger partial charge < -0.3 is 9.47 Å². The van der Waals surface area contributed by atoms with Crippen molar-refractivity contribution in [1.82, 2.24) is 19.9 Å². The molecule has 0 N–H and O–H groups in total. The van der Waals surface area contributed by atoms with Crippen molar-refractivity contribution in [2.45, 2.75) is 19.1 Å². The summed E-state index contributed by atoms with van der Waals surface area (Å²) in [7, 11) is 1.68. The SMILES string of the molecule is COc1ccc(CC2CN(Cc3cnc(-c4ccccn4)nc3)CCO2)cc1. The van der Waals surface area contributed by atoms with Gasteiger partial charge in [0.1, 0.15) is 11.4 Å². The molecule has 0 saturated carbocycles. The second kappa shape index (κ2) is 8.91. The van der Waals surface area contributed by atoms with Gasteiger partial charge in [0.2, 0.25) is 0 Å². The van der Waals surface area contributed by atoms with E-state index in [4.69, 9.17) is 9.47 Å². The van der Waals surface area contributed by atoms with Crippen molar-refractivity contribution in [3.05, 3.63) is 72.2 Å². The first-order chi connectivity index (χ1) is 13.8. The second-order valence-electron chi connectivity index (χ2n) is 6.91. The summed E-state index contributed by atoms with van der Waals surface area (Å²) in [5.41, 5.74) is 3.15. The molecule has 4 rings (SSSR count). The van der Waals surface area contributed by atoms with Gasteiger partial charge in [-0.2, -0.15) is 0 Å². The normalized spacial score (nSPS) is 17.4. The quantitative estimate of drug-likeness (QED) is 0.659. The summed E-state index contributed by atoms with van der Waals surface area (Å²) in [4.78, 5) is 15.6. The summed E-state index contributed by atoms with van der Waals surface area (Å²) < 4.78 is 11.2. The Hall–Kier alpha value is -2.83. The molecule has 1 aliphatic rings. The predicted octanol–water partition coefficient (Wildman–Crippen LogP) is 2.99. The number of rotatable bonds is 6. The molecule has 1 fully saturated rings. The minimum absolute atomic E-state index is 0.191. The van der Waals surface area contributed by atoms with Crippen molar-refractivity contribution in [1.29, 1.82) is 0 Å². The van der Waals surface area contributed by atoms with Crippen LogP contribution in [0.4, 0.5) is 0 Å². The van der Waals surface area contributed by atoms with Gasteiger partial charge in [-0.15, -0.1) is 0 Å². The van der Waals surface area contributed by atoms with Gasteiger partial charge in [0.25, 0.3) is 0 Å². The maximum Gasteiger partial charge on any atom is 0.178 e. The van der Waals surface area contributed by atoms with Crippen LogP contribution in [0, 0.1) is 0 Å². The Morgan fingerprint density at radius 1 is 1.04 bits per heavy atom. The molecule has 0 radical (unpaired) electrons. The molecule has 1 atom stereocenters. The number of hydrogen-bond donors (Lipinski definition) is 0. The van der Waals surface area contributed by atoms with Crippen LogP contribution in [-0.2, 0) is 17.7 Å². The topological polar surface area (TPSA) is 60.4 Å². The summed E-state index contributed by atoms with van der Waals surface area (Å²) in [6, 6.07) is 13.9. The van der Waals surface area contributed by atoms with Crippen molar-refractivity contribution < 1.29 is 9.47 Å². The molecule has 1 aliphatic heterocycles. The highest BCUT2D eigenvalue weighted by Crippen LogP contribution is 2.17. The maximum absolute atomic E-state index is 5.97. The molecule has 28 heavy (non-hydrogen) atoms. The highest BCUT2D eigenvalue weighted by Gasteiger charge is 2.21. The smallest absolute Gasteiger partial charge is 0.178 e. The van der Waals surface area contributed by atoms with Crippen LogP contribution < -0.4 is 4.74 Å². The van der Waals surface area contributed by atoms with Crippen LogP contribution >= 0.6 is 0 Å². The second-order valence-corrected chi connectivity index (χ2v) is 6.91. The summed E-state index contributed by atoms with van der Waals surface area (Å²) in [6.07, 6.45) is 6.63. The average Bonchev–Trinajstić information content (AvgIpc) is 2.76. The third-order valence-corrected chi connectivity index (χ3v) is 4.85. The predicted molar refractivity (Wildman–Crippen MR) is 107 cm³/mol. The van der Waals surface area contributed by atoms with Gasteiger partial charge in [0, 0.05) is 43.8 Å². The minimum Gasteiger partial charge on any atom is -0.497 e. The van der Waals surface area contributed by atoms with E-state index in [0.29, 0.717) is 5.82 Å². The minimum atomic E-state index is 0.191. The summed E-state index contributed by atoms with van der Waals surface area (Å²) in [5, 5.41) is 0. The van der Waals surface area contributed by atoms with E-state index in [0.717, 1.165) is 49.7 Å². The molecule has 1 saturated heterocycles. The molecule has 0 bridgehead atoms. The monoisotopic (exact) mass is 376 g/mol. The Kier molecular flexibility index (Phi) is 5.89. The zero-order chi connectivity index (χ0) is 19.2. The first kappa shape index (κ1) is 18.5. The van der Waals surface area contributed by atoms with Crippen LogP contribution in [-0.4, -0.2) is 52.8 Å². The number of hydrogen-bond acceptors (Lipinski definition) is 6. The molecule has 1 aromatic carbocycles. The molecule has 0 aliphatic carbocycles. The van der Waals surface area contributed by atoms with Crippen LogP contribution in [0.3, 0.4) is 0 Å². The van der Waals surface area contributed by atoms with E-state index in [1.807, 2.05) is 42.7 Å². The Bertz CT molecular complexity index is 869. The lowest BCUT2D eigenvalue weighted by Crippen LogP contribution is -2.42. The van der Waals surface area contributed by atoms with Crippen LogP contribution in [0.25, 0.3) is 11.5 Å². The summed E-state index contributed by atoms with van der Waals surface area (Å²) in [5.74, 6) is 1.53. The third kappa shape index (κ3) is 4.71. The van der Waals surface area contributed by atoms with E-state index in [9.17, 15) is 0 Å². The Morgan fingerprint density at radius 2 is 1.86 bits per heavy atom. The largest absolute Gasteiger partial charge is 0.497 e. The number of pyridine rings is 1. The van der Waals surface area contributed by atoms with Gasteiger partial charge in [-0.25, -0.2) is 9.97 Å². The number of methoxy groups -OCH3 is 1. The molecule has 144 valence electrons. The van der Waals surface area contributed by atoms with E-state index in [1.54, 1.807) is 13.3 Å². The zero-order valence-corrected chi connectivity index (χ0v) is 16.0. The fourth-order valence-corrected chi connectivity index (χ4v) is 3.39. The molecular weight excluding hydrogens is 352 g/mol. The third-order valence-electron chi connectivity index (χ3n) is 4.85. The van der Waals surface area contributed by atoms with Crippen LogP contribution in [0.2, 0.25) is 0 Å². The molecule has 6 nitrogen and oxygen atoms in total. The highest BCUT2D eigenvalue weighted by atomic mass is 16.5. The van der Waals surface area contributed by atoms with E-state index in [-0.39, 0.29) is 6.10 Å². The van der Waals surface area contributed by atoms with Gasteiger partial charge in [-0.05, 0) is 36.2 Å². The summed E-state index contributed by atoms with van der Waals surface area (Å²) in [6.45, 7) is 3.38. The standard InChI is InChI=1S/C22H24N4O2/c1-27-19-7-5-17(6-8-19)12-20-16-26(10-11-28-20)15-18-13-24-22(25-14-18)21-4-2-3-9-23-21/h2-9,13-14,20H,10-12,15-16H2,1H3. The van der Waals surface area contributed by atoms with Crippen LogP contribution in [0.5, 0.6) is 5.75 Å². The number of aromatic nitrogens is 3. The van der Waals surface area contributed by atoms with Crippen molar-refractivity contribution in [3.63, 3.8) is 0 Å². The highest BCUT2D eigenvalue weighted by molar-refractivity contribution is 5.47. The van der Waals surface area contributed by atoms with Gasteiger partial charge in [0.05, 0.1) is 19.8 Å². The van der Waals surface area contributed by atoms with E-state index < -0.39 is 0 Å². The number of nitrogens with zero attached hydrogens (tertiary/aromatic N) is 4. The lowest BCUT2D eigenvalue weighted by atomic mass is 10.1. The first-order valence-electron chi connectivity index (χ1n) is 9.49. The van der Waals surface area contributed by atoms with Crippen LogP contribution in [0.1, 0.15) is 11.1 Å². The Balaban J connectivity index is 1.34. The van der Waals surface area contributed by atoms with E-state index in [2.05, 4.69) is 32.0 Å². The van der Waals surface area contributed by atoms with Crippen molar-refractivity contribution >= 4 is 0 Å². The van der Waals surface area contributed by atoms with Gasteiger partial charge in [-0.3, -0.25) is 9.88 Å². The van der Waals surface area contributed by atoms with Crippen molar-refractivity contribution in [2.24, 2.45) is 0 Å². The van der Waals surface area contributed by atoms with Crippen LogP contribution in [0.15, 0.2) is 61.1 Å². The molecule has 6 heteroatoms. The lowest BCUT2D eigenvalue weighted by molar-refractivity contribution is -0.0305. The van der Waals surface area contributed by atoms with Crippen molar-refractivity contribution in [3.8, 4) is 17.3 Å². The molecule has 3 heterocycles. The van der Waals surface area contributed by atoms with Gasteiger partial charge in [0.15, 0.2) is 5.82 Å². The molecule has 2 aromatic heterocycles.